The lowest BCUT2D eigenvalue weighted by Gasteiger charge is -2.27. The zero-order valence-corrected chi connectivity index (χ0v) is 22.1. The van der Waals surface area contributed by atoms with Crippen molar-refractivity contribution in [3.8, 4) is 11.5 Å². The van der Waals surface area contributed by atoms with Crippen LogP contribution in [-0.4, -0.2) is 27.4 Å². The Bertz CT molecular complexity index is 1010. The van der Waals surface area contributed by atoms with Gasteiger partial charge in [-0.05, 0) is 58.7 Å². The molecule has 0 bridgehead atoms. The zero-order valence-electron chi connectivity index (χ0n) is 22.1. The van der Waals surface area contributed by atoms with Crippen molar-refractivity contribution < 1.29 is 18.9 Å². The third kappa shape index (κ3) is 7.84. The topological polar surface area (TPSA) is 36.9 Å². The highest BCUT2D eigenvalue weighted by atomic mass is 16.5. The number of hydrogen-bond acceptors (Lipinski definition) is 4. The van der Waals surface area contributed by atoms with Crippen molar-refractivity contribution in [3.05, 3.63) is 94.5 Å². The highest BCUT2D eigenvalue weighted by Crippen LogP contribution is 2.35. The van der Waals surface area contributed by atoms with Crippen LogP contribution in [0.1, 0.15) is 61.4 Å². The van der Waals surface area contributed by atoms with Crippen LogP contribution in [0.3, 0.4) is 0 Å². The van der Waals surface area contributed by atoms with Crippen LogP contribution in [0.15, 0.2) is 66.7 Å². The minimum Gasteiger partial charge on any atom is -0.490 e. The van der Waals surface area contributed by atoms with Gasteiger partial charge >= 0.3 is 0 Å². The molecule has 0 radical (unpaired) electrons. The van der Waals surface area contributed by atoms with E-state index in [-0.39, 0.29) is 5.41 Å². The highest BCUT2D eigenvalue weighted by Gasteiger charge is 2.21. The Morgan fingerprint density at radius 3 is 1.83 bits per heavy atom. The van der Waals surface area contributed by atoms with E-state index in [0.717, 1.165) is 29.0 Å². The third-order valence-corrected chi connectivity index (χ3v) is 6.43. The second kappa shape index (κ2) is 12.8. The van der Waals surface area contributed by atoms with Crippen LogP contribution >= 0.6 is 0 Å². The Kier molecular flexibility index (Phi) is 9.76. The molecule has 0 heterocycles. The molecule has 0 N–H and O–H groups in total. The Hall–Kier alpha value is -2.82. The molecule has 0 amide bonds. The van der Waals surface area contributed by atoms with Crippen molar-refractivity contribution in [2.45, 2.75) is 53.2 Å². The fourth-order valence-corrected chi connectivity index (χ4v) is 4.13. The van der Waals surface area contributed by atoms with Crippen molar-refractivity contribution in [1.29, 1.82) is 0 Å². The lowest BCUT2D eigenvalue weighted by Crippen LogP contribution is -2.15. The van der Waals surface area contributed by atoms with Gasteiger partial charge in [-0.1, -0.05) is 70.2 Å². The number of benzene rings is 3. The smallest absolute Gasteiger partial charge is 0.130 e. The second-order valence-corrected chi connectivity index (χ2v) is 10.1. The van der Waals surface area contributed by atoms with Gasteiger partial charge in [0.05, 0.1) is 13.2 Å². The summed E-state index contributed by atoms with van der Waals surface area (Å²) in [6.07, 6.45) is 0.849. The average Bonchev–Trinajstić information content (AvgIpc) is 2.83. The Morgan fingerprint density at radius 1 is 0.714 bits per heavy atom. The van der Waals surface area contributed by atoms with Crippen LogP contribution in [-0.2, 0) is 29.1 Å². The summed E-state index contributed by atoms with van der Waals surface area (Å²) in [6.45, 7) is 10.9. The summed E-state index contributed by atoms with van der Waals surface area (Å²) >= 11 is 0. The van der Waals surface area contributed by atoms with Gasteiger partial charge in [-0.3, -0.25) is 0 Å². The van der Waals surface area contributed by atoms with Crippen LogP contribution in [0.25, 0.3) is 0 Å². The van der Waals surface area contributed by atoms with E-state index in [0.29, 0.717) is 32.3 Å². The van der Waals surface area contributed by atoms with E-state index in [1.54, 1.807) is 14.2 Å². The number of hydrogen-bond donors (Lipinski definition) is 0. The standard InChI is InChI=1S/C31H40O4/c1-23(31(2,3)4)26-12-14-29(15-13-26)34-16-17-35-30-27(21-32-5)19-25(20-28(30)22-33-6)18-24-10-8-7-9-11-24/h7-15,19-20,23H,16-18,21-22H2,1-6H3. The van der Waals surface area contributed by atoms with Gasteiger partial charge in [0.2, 0.25) is 0 Å². The van der Waals surface area contributed by atoms with Gasteiger partial charge in [0.1, 0.15) is 24.7 Å². The molecule has 0 saturated heterocycles. The van der Waals surface area contributed by atoms with E-state index in [9.17, 15) is 0 Å². The molecule has 0 aliphatic rings. The van der Waals surface area contributed by atoms with E-state index in [1.807, 2.05) is 18.2 Å². The summed E-state index contributed by atoms with van der Waals surface area (Å²) in [5, 5.41) is 0. The predicted octanol–water partition coefficient (Wildman–Crippen LogP) is 7.18. The summed E-state index contributed by atoms with van der Waals surface area (Å²) < 4.78 is 23.2. The van der Waals surface area contributed by atoms with Crippen molar-refractivity contribution >= 4 is 0 Å². The predicted molar refractivity (Wildman–Crippen MR) is 142 cm³/mol. The lowest BCUT2D eigenvalue weighted by atomic mass is 9.78. The number of ether oxygens (including phenoxy) is 4. The number of methoxy groups -OCH3 is 2. The fraction of sp³-hybridized carbons (Fsp3) is 0.419. The normalized spacial score (nSPS) is 12.4. The van der Waals surface area contributed by atoms with Crippen LogP contribution in [0, 0.1) is 5.41 Å². The van der Waals surface area contributed by atoms with Gasteiger partial charge in [0, 0.05) is 25.3 Å². The van der Waals surface area contributed by atoms with E-state index in [1.165, 1.54) is 16.7 Å². The van der Waals surface area contributed by atoms with E-state index in [2.05, 4.69) is 76.2 Å². The molecule has 0 fully saturated rings. The molecule has 4 nitrogen and oxygen atoms in total. The maximum Gasteiger partial charge on any atom is 0.130 e. The van der Waals surface area contributed by atoms with Crippen molar-refractivity contribution in [2.75, 3.05) is 27.4 Å². The molecule has 188 valence electrons. The first-order valence-electron chi connectivity index (χ1n) is 12.3. The van der Waals surface area contributed by atoms with Crippen LogP contribution < -0.4 is 9.47 Å². The molecular weight excluding hydrogens is 436 g/mol. The van der Waals surface area contributed by atoms with Gasteiger partial charge in [0.25, 0.3) is 0 Å². The summed E-state index contributed by atoms with van der Waals surface area (Å²) in [5.74, 6) is 2.15. The molecule has 3 aromatic rings. The first kappa shape index (κ1) is 26.8. The van der Waals surface area contributed by atoms with E-state index in [4.69, 9.17) is 18.9 Å². The molecule has 0 aliphatic heterocycles. The second-order valence-electron chi connectivity index (χ2n) is 10.1. The average molecular weight is 477 g/mol. The van der Waals surface area contributed by atoms with Crippen LogP contribution in [0.4, 0.5) is 0 Å². The maximum atomic E-state index is 6.22. The summed E-state index contributed by atoms with van der Waals surface area (Å²) in [5.41, 5.74) is 6.08. The minimum absolute atomic E-state index is 0.229. The summed E-state index contributed by atoms with van der Waals surface area (Å²) in [4.78, 5) is 0. The van der Waals surface area contributed by atoms with E-state index >= 15 is 0 Å². The quantitative estimate of drug-likeness (QED) is 0.260. The monoisotopic (exact) mass is 476 g/mol. The Morgan fingerprint density at radius 2 is 1.29 bits per heavy atom. The minimum atomic E-state index is 0.229. The highest BCUT2D eigenvalue weighted by molar-refractivity contribution is 5.46. The number of rotatable bonds is 12. The van der Waals surface area contributed by atoms with Crippen molar-refractivity contribution in [3.63, 3.8) is 0 Å². The largest absolute Gasteiger partial charge is 0.490 e. The SMILES string of the molecule is COCc1cc(Cc2ccccc2)cc(COC)c1OCCOc1ccc(C(C)C(C)(C)C)cc1. The molecule has 0 aromatic heterocycles. The molecule has 1 unspecified atom stereocenters. The molecule has 0 aliphatic carbocycles. The van der Waals surface area contributed by atoms with Crippen molar-refractivity contribution in [2.24, 2.45) is 5.41 Å². The van der Waals surface area contributed by atoms with Gasteiger partial charge in [-0.15, -0.1) is 0 Å². The summed E-state index contributed by atoms with van der Waals surface area (Å²) in [6, 6.07) is 23.2. The van der Waals surface area contributed by atoms with Gasteiger partial charge in [-0.2, -0.15) is 0 Å². The molecule has 35 heavy (non-hydrogen) atoms. The Balaban J connectivity index is 1.66. The van der Waals surface area contributed by atoms with Gasteiger partial charge < -0.3 is 18.9 Å². The van der Waals surface area contributed by atoms with Gasteiger partial charge in [-0.25, -0.2) is 0 Å². The van der Waals surface area contributed by atoms with Gasteiger partial charge in [0.15, 0.2) is 0 Å². The fourth-order valence-electron chi connectivity index (χ4n) is 4.13. The first-order chi connectivity index (χ1) is 16.8. The first-order valence-corrected chi connectivity index (χ1v) is 12.3. The molecule has 1 atom stereocenters. The molecule has 3 rings (SSSR count). The zero-order chi connectivity index (χ0) is 25.3. The maximum absolute atomic E-state index is 6.22. The molecule has 3 aromatic carbocycles. The van der Waals surface area contributed by atoms with Crippen LogP contribution in [0.2, 0.25) is 0 Å². The summed E-state index contributed by atoms with van der Waals surface area (Å²) in [7, 11) is 3.41. The molecule has 0 saturated carbocycles. The molecule has 4 heteroatoms. The molecule has 0 spiro atoms. The van der Waals surface area contributed by atoms with E-state index < -0.39 is 0 Å². The van der Waals surface area contributed by atoms with Crippen molar-refractivity contribution in [1.82, 2.24) is 0 Å². The third-order valence-electron chi connectivity index (χ3n) is 6.43. The molecular formula is C31H40O4. The lowest BCUT2D eigenvalue weighted by molar-refractivity contribution is 0.164. The van der Waals surface area contributed by atoms with Crippen LogP contribution in [0.5, 0.6) is 11.5 Å². The Labute approximate surface area is 211 Å².